The molecule has 2 atom stereocenters. The molecule has 0 radical (unpaired) electrons. The topological polar surface area (TPSA) is 28.4 Å². The normalized spacial score (nSPS) is 14.4. The van der Waals surface area contributed by atoms with Crippen molar-refractivity contribution in [2.75, 3.05) is 20.6 Å². The second-order valence-electron chi connectivity index (χ2n) is 5.16. The van der Waals surface area contributed by atoms with Crippen LogP contribution in [0.2, 0.25) is 0 Å². The molecule has 20 heavy (non-hydrogen) atoms. The van der Waals surface area contributed by atoms with Gasteiger partial charge in [0.25, 0.3) is 0 Å². The molecule has 0 spiro atoms. The lowest BCUT2D eigenvalue weighted by molar-refractivity contribution is 0.276. The van der Waals surface area contributed by atoms with Gasteiger partial charge >= 0.3 is 0 Å². The van der Waals surface area contributed by atoms with Gasteiger partial charge in [0.05, 0.1) is 6.04 Å². The molecule has 2 aromatic rings. The monoisotopic (exact) mass is 336 g/mol. The number of halogens is 1. The summed E-state index contributed by atoms with van der Waals surface area (Å²) < 4.78 is 6.36. The molecule has 0 saturated carbocycles. The van der Waals surface area contributed by atoms with Crippen molar-refractivity contribution in [1.29, 1.82) is 0 Å². The number of likely N-dealkylation sites (N-methyl/N-ethyl adjacent to an activating group) is 1. The number of rotatable bonds is 6. The predicted octanol–water partition coefficient (Wildman–Crippen LogP) is 4.00. The fourth-order valence-corrected chi connectivity index (χ4v) is 2.54. The number of hydrogen-bond acceptors (Lipinski definition) is 3. The SMILES string of the molecule is CC(NCC(c1ccccc1)N(C)C)c1ccc(Br)o1. The number of furan rings is 1. The van der Waals surface area contributed by atoms with Crippen LogP contribution in [0.25, 0.3) is 0 Å². The van der Waals surface area contributed by atoms with Gasteiger partial charge in [0.15, 0.2) is 4.67 Å². The molecule has 0 aliphatic carbocycles. The highest BCUT2D eigenvalue weighted by Gasteiger charge is 2.16. The Morgan fingerprint density at radius 1 is 1.15 bits per heavy atom. The van der Waals surface area contributed by atoms with E-state index in [9.17, 15) is 0 Å². The van der Waals surface area contributed by atoms with E-state index in [0.717, 1.165) is 17.0 Å². The first-order chi connectivity index (χ1) is 9.58. The van der Waals surface area contributed by atoms with Crippen molar-refractivity contribution in [3.63, 3.8) is 0 Å². The van der Waals surface area contributed by atoms with Crippen LogP contribution in [-0.2, 0) is 0 Å². The molecule has 0 fully saturated rings. The first-order valence-corrected chi connectivity index (χ1v) is 7.57. The summed E-state index contributed by atoms with van der Waals surface area (Å²) in [5.74, 6) is 0.947. The van der Waals surface area contributed by atoms with Crippen LogP contribution in [0.5, 0.6) is 0 Å². The minimum atomic E-state index is 0.187. The summed E-state index contributed by atoms with van der Waals surface area (Å²) in [7, 11) is 4.21. The van der Waals surface area contributed by atoms with E-state index < -0.39 is 0 Å². The molecule has 2 rings (SSSR count). The van der Waals surface area contributed by atoms with Crippen LogP contribution in [0.15, 0.2) is 51.6 Å². The highest BCUT2D eigenvalue weighted by molar-refractivity contribution is 9.10. The largest absolute Gasteiger partial charge is 0.453 e. The second-order valence-corrected chi connectivity index (χ2v) is 5.94. The van der Waals surface area contributed by atoms with Gasteiger partial charge in [-0.25, -0.2) is 0 Å². The summed E-state index contributed by atoms with van der Waals surface area (Å²) in [6.07, 6.45) is 0. The molecule has 0 amide bonds. The maximum Gasteiger partial charge on any atom is 0.169 e. The average molecular weight is 337 g/mol. The van der Waals surface area contributed by atoms with E-state index in [0.29, 0.717) is 6.04 Å². The third-order valence-corrected chi connectivity index (χ3v) is 3.87. The summed E-state index contributed by atoms with van der Waals surface area (Å²) in [5.41, 5.74) is 1.32. The van der Waals surface area contributed by atoms with Crippen molar-refractivity contribution >= 4 is 15.9 Å². The summed E-state index contributed by atoms with van der Waals surface area (Å²) in [6, 6.07) is 15.0. The van der Waals surface area contributed by atoms with Crippen molar-refractivity contribution in [1.82, 2.24) is 10.2 Å². The fraction of sp³-hybridized carbons (Fsp3) is 0.375. The van der Waals surface area contributed by atoms with Crippen molar-refractivity contribution < 1.29 is 4.42 Å². The van der Waals surface area contributed by atoms with E-state index in [1.54, 1.807) is 0 Å². The van der Waals surface area contributed by atoms with Crippen molar-refractivity contribution in [2.45, 2.75) is 19.0 Å². The van der Waals surface area contributed by atoms with E-state index in [1.165, 1.54) is 5.56 Å². The van der Waals surface area contributed by atoms with Gasteiger partial charge in [0, 0.05) is 12.6 Å². The zero-order chi connectivity index (χ0) is 14.5. The Hall–Kier alpha value is -1.10. The number of nitrogens with zero attached hydrogens (tertiary/aromatic N) is 1. The van der Waals surface area contributed by atoms with E-state index in [1.807, 2.05) is 18.2 Å². The zero-order valence-corrected chi connectivity index (χ0v) is 13.7. The molecular formula is C16H21BrN2O. The van der Waals surface area contributed by atoms with Gasteiger partial charge in [0.1, 0.15) is 5.76 Å². The molecule has 3 nitrogen and oxygen atoms in total. The van der Waals surface area contributed by atoms with E-state index in [-0.39, 0.29) is 6.04 Å². The minimum Gasteiger partial charge on any atom is -0.453 e. The van der Waals surface area contributed by atoms with Gasteiger partial charge in [-0.3, -0.25) is 0 Å². The third-order valence-electron chi connectivity index (χ3n) is 3.45. The molecule has 4 heteroatoms. The Kier molecular flexibility index (Phi) is 5.40. The van der Waals surface area contributed by atoms with Crippen LogP contribution in [-0.4, -0.2) is 25.5 Å². The molecule has 1 heterocycles. The molecule has 0 aliphatic heterocycles. The van der Waals surface area contributed by atoms with Crippen LogP contribution in [0.3, 0.4) is 0 Å². The number of benzene rings is 1. The maximum absolute atomic E-state index is 5.58. The Morgan fingerprint density at radius 3 is 2.40 bits per heavy atom. The Balaban J connectivity index is 1.99. The van der Waals surface area contributed by atoms with Gasteiger partial charge in [-0.05, 0) is 54.6 Å². The maximum atomic E-state index is 5.58. The molecular weight excluding hydrogens is 316 g/mol. The van der Waals surface area contributed by atoms with Crippen LogP contribution in [0.1, 0.15) is 30.3 Å². The molecule has 0 aliphatic rings. The smallest absolute Gasteiger partial charge is 0.169 e. The van der Waals surface area contributed by atoms with Crippen LogP contribution in [0.4, 0.5) is 0 Å². The summed E-state index contributed by atoms with van der Waals surface area (Å²) >= 11 is 3.34. The second kappa shape index (κ2) is 7.07. The lowest BCUT2D eigenvalue weighted by Gasteiger charge is -2.26. The van der Waals surface area contributed by atoms with Crippen LogP contribution in [0, 0.1) is 0 Å². The lowest BCUT2D eigenvalue weighted by atomic mass is 10.1. The summed E-state index contributed by atoms with van der Waals surface area (Å²) in [5, 5.41) is 3.54. The zero-order valence-electron chi connectivity index (χ0n) is 12.1. The molecule has 108 valence electrons. The van der Waals surface area contributed by atoms with Gasteiger partial charge in [-0.2, -0.15) is 0 Å². The number of hydrogen-bond donors (Lipinski definition) is 1. The highest BCUT2D eigenvalue weighted by Crippen LogP contribution is 2.22. The predicted molar refractivity (Wildman–Crippen MR) is 85.7 cm³/mol. The first-order valence-electron chi connectivity index (χ1n) is 6.78. The Bertz CT molecular complexity index is 524. The van der Waals surface area contributed by atoms with E-state index in [4.69, 9.17) is 4.42 Å². The summed E-state index contributed by atoms with van der Waals surface area (Å²) in [4.78, 5) is 2.23. The minimum absolute atomic E-state index is 0.187. The van der Waals surface area contributed by atoms with Crippen molar-refractivity contribution in [3.05, 3.63) is 58.5 Å². The fourth-order valence-electron chi connectivity index (χ4n) is 2.22. The van der Waals surface area contributed by atoms with E-state index in [2.05, 4.69) is 71.4 Å². The molecule has 1 aromatic carbocycles. The van der Waals surface area contributed by atoms with Gasteiger partial charge in [-0.15, -0.1) is 0 Å². The molecule has 1 N–H and O–H groups in total. The molecule has 0 saturated heterocycles. The lowest BCUT2D eigenvalue weighted by Crippen LogP contribution is -2.32. The molecule has 1 aromatic heterocycles. The van der Waals surface area contributed by atoms with Gasteiger partial charge in [0.2, 0.25) is 0 Å². The highest BCUT2D eigenvalue weighted by atomic mass is 79.9. The summed E-state index contributed by atoms with van der Waals surface area (Å²) in [6.45, 7) is 2.99. The quantitative estimate of drug-likeness (QED) is 0.864. The van der Waals surface area contributed by atoms with Crippen molar-refractivity contribution in [3.8, 4) is 0 Å². The van der Waals surface area contributed by atoms with Gasteiger partial charge < -0.3 is 14.6 Å². The first kappa shape index (κ1) is 15.3. The van der Waals surface area contributed by atoms with E-state index >= 15 is 0 Å². The van der Waals surface area contributed by atoms with Gasteiger partial charge in [-0.1, -0.05) is 30.3 Å². The Labute approximate surface area is 129 Å². The average Bonchev–Trinajstić information content (AvgIpc) is 2.86. The standard InChI is InChI=1S/C16H21BrN2O/c1-12(15-9-10-16(17)20-15)18-11-14(19(2)3)13-7-5-4-6-8-13/h4-10,12,14,18H,11H2,1-3H3. The molecule has 2 unspecified atom stereocenters. The Morgan fingerprint density at radius 2 is 1.85 bits per heavy atom. The van der Waals surface area contributed by atoms with Crippen molar-refractivity contribution in [2.24, 2.45) is 0 Å². The van der Waals surface area contributed by atoms with Crippen LogP contribution < -0.4 is 5.32 Å². The number of nitrogens with one attached hydrogen (secondary N) is 1. The third kappa shape index (κ3) is 3.95. The van der Waals surface area contributed by atoms with Crippen LogP contribution >= 0.6 is 15.9 Å². The molecule has 0 bridgehead atoms.